The number of hydrogen-bond acceptors (Lipinski definition) is 2. The van der Waals surface area contributed by atoms with Gasteiger partial charge >= 0.3 is 6.03 Å². The summed E-state index contributed by atoms with van der Waals surface area (Å²) < 4.78 is 19.5. The van der Waals surface area contributed by atoms with E-state index in [-0.39, 0.29) is 17.8 Å². The molecule has 0 radical (unpaired) electrons. The highest BCUT2D eigenvalue weighted by molar-refractivity contribution is 5.90. The molecule has 0 aliphatic carbocycles. The molecule has 0 spiro atoms. The molecule has 1 aliphatic rings. The van der Waals surface area contributed by atoms with Crippen LogP contribution >= 0.6 is 0 Å². The molecule has 3 rings (SSSR count). The third-order valence-corrected chi connectivity index (χ3v) is 4.46. The molecule has 1 N–H and O–H groups in total. The van der Waals surface area contributed by atoms with Crippen molar-refractivity contribution in [2.45, 2.75) is 32.7 Å². The fourth-order valence-corrected chi connectivity index (χ4v) is 3.22. The second-order valence-corrected chi connectivity index (χ2v) is 6.27. The number of urea groups is 1. The van der Waals surface area contributed by atoms with Crippen molar-refractivity contribution >= 4 is 11.7 Å². The van der Waals surface area contributed by atoms with Gasteiger partial charge in [-0.1, -0.05) is 18.2 Å². The van der Waals surface area contributed by atoms with E-state index in [1.54, 1.807) is 17.0 Å². The molecule has 1 unspecified atom stereocenters. The Morgan fingerprint density at radius 3 is 2.72 bits per heavy atom. The van der Waals surface area contributed by atoms with Crippen LogP contribution < -0.4 is 10.1 Å². The molecule has 0 saturated carbocycles. The van der Waals surface area contributed by atoms with Crippen molar-refractivity contribution in [1.29, 1.82) is 0 Å². The van der Waals surface area contributed by atoms with Gasteiger partial charge in [0, 0.05) is 6.54 Å². The van der Waals surface area contributed by atoms with Crippen LogP contribution in [0.1, 0.15) is 36.9 Å². The molecule has 5 heteroatoms. The summed E-state index contributed by atoms with van der Waals surface area (Å²) >= 11 is 0. The number of likely N-dealkylation sites (tertiary alicyclic amines) is 1. The average Bonchev–Trinajstić information content (AvgIpc) is 3.08. The lowest BCUT2D eigenvalue weighted by Gasteiger charge is -2.25. The van der Waals surface area contributed by atoms with Crippen molar-refractivity contribution in [2.24, 2.45) is 0 Å². The summed E-state index contributed by atoms with van der Waals surface area (Å²) in [6.07, 6.45) is 1.83. The van der Waals surface area contributed by atoms with Gasteiger partial charge in [0.2, 0.25) is 0 Å². The number of nitrogens with zero attached hydrogens (tertiary/aromatic N) is 1. The van der Waals surface area contributed by atoms with Crippen LogP contribution in [0.3, 0.4) is 0 Å². The summed E-state index contributed by atoms with van der Waals surface area (Å²) in [4.78, 5) is 14.4. The molecule has 2 amide bonds. The lowest BCUT2D eigenvalue weighted by molar-refractivity contribution is 0.207. The number of benzene rings is 2. The van der Waals surface area contributed by atoms with E-state index in [4.69, 9.17) is 4.74 Å². The van der Waals surface area contributed by atoms with Crippen LogP contribution in [0.25, 0.3) is 0 Å². The van der Waals surface area contributed by atoms with Crippen molar-refractivity contribution in [2.75, 3.05) is 18.5 Å². The Morgan fingerprint density at radius 1 is 1.28 bits per heavy atom. The SMILES string of the molecule is CCOc1ccc(C2CCCN2C(=O)Nc2ccc(C)cc2F)cc1. The Labute approximate surface area is 147 Å². The van der Waals surface area contributed by atoms with Crippen molar-refractivity contribution in [3.63, 3.8) is 0 Å². The number of anilines is 1. The molecule has 1 saturated heterocycles. The molecule has 1 atom stereocenters. The monoisotopic (exact) mass is 342 g/mol. The summed E-state index contributed by atoms with van der Waals surface area (Å²) in [7, 11) is 0. The summed E-state index contributed by atoms with van der Waals surface area (Å²) in [5.74, 6) is 0.409. The molecule has 4 nitrogen and oxygen atoms in total. The number of rotatable bonds is 4. The normalized spacial score (nSPS) is 16.8. The highest BCUT2D eigenvalue weighted by atomic mass is 19.1. The lowest BCUT2D eigenvalue weighted by atomic mass is 10.0. The molecule has 2 aromatic rings. The molecule has 0 bridgehead atoms. The van der Waals surface area contributed by atoms with Gasteiger partial charge in [0.1, 0.15) is 11.6 Å². The van der Waals surface area contributed by atoms with E-state index in [2.05, 4.69) is 5.32 Å². The largest absolute Gasteiger partial charge is 0.494 e. The molecule has 1 aliphatic heterocycles. The summed E-state index contributed by atoms with van der Waals surface area (Å²) in [6, 6.07) is 12.4. The number of carbonyl (C=O) groups excluding carboxylic acids is 1. The maximum absolute atomic E-state index is 14.0. The van der Waals surface area contributed by atoms with E-state index in [1.165, 1.54) is 6.07 Å². The zero-order valence-electron chi connectivity index (χ0n) is 14.6. The van der Waals surface area contributed by atoms with Crippen molar-refractivity contribution in [3.8, 4) is 5.75 Å². The van der Waals surface area contributed by atoms with Crippen molar-refractivity contribution < 1.29 is 13.9 Å². The lowest BCUT2D eigenvalue weighted by Crippen LogP contribution is -2.34. The van der Waals surface area contributed by atoms with Crippen molar-refractivity contribution in [1.82, 2.24) is 4.90 Å². The zero-order valence-corrected chi connectivity index (χ0v) is 14.6. The first-order chi connectivity index (χ1) is 12.1. The first-order valence-corrected chi connectivity index (χ1v) is 8.65. The quantitative estimate of drug-likeness (QED) is 0.858. The van der Waals surface area contributed by atoms with Gasteiger partial charge in [-0.25, -0.2) is 9.18 Å². The minimum Gasteiger partial charge on any atom is -0.494 e. The van der Waals surface area contributed by atoms with E-state index < -0.39 is 5.82 Å². The van der Waals surface area contributed by atoms with Crippen LogP contribution in [0.15, 0.2) is 42.5 Å². The number of hydrogen-bond donors (Lipinski definition) is 1. The van der Waals surface area contributed by atoms with E-state index in [0.29, 0.717) is 13.2 Å². The second-order valence-electron chi connectivity index (χ2n) is 6.27. The standard InChI is InChI=1S/C20H23FN2O2/c1-3-25-16-9-7-15(8-10-16)19-5-4-12-23(19)20(24)22-18-11-6-14(2)13-17(18)21/h6-11,13,19H,3-5,12H2,1-2H3,(H,22,24). The Balaban J connectivity index is 1.73. The second kappa shape index (κ2) is 7.55. The first kappa shape index (κ1) is 17.3. The van der Waals surface area contributed by atoms with Crippen LogP contribution in [-0.2, 0) is 0 Å². The highest BCUT2D eigenvalue weighted by Gasteiger charge is 2.30. The fourth-order valence-electron chi connectivity index (χ4n) is 3.22. The average molecular weight is 342 g/mol. The number of aryl methyl sites for hydroxylation is 1. The van der Waals surface area contributed by atoms with Gasteiger partial charge in [-0.15, -0.1) is 0 Å². The molecule has 2 aromatic carbocycles. The highest BCUT2D eigenvalue weighted by Crippen LogP contribution is 2.33. The van der Waals surface area contributed by atoms with E-state index >= 15 is 0 Å². The molecule has 1 heterocycles. The third-order valence-electron chi connectivity index (χ3n) is 4.46. The molecule has 0 aromatic heterocycles. The Morgan fingerprint density at radius 2 is 2.04 bits per heavy atom. The summed E-state index contributed by atoms with van der Waals surface area (Å²) in [5.41, 5.74) is 2.11. The maximum atomic E-state index is 14.0. The molecule has 1 fully saturated rings. The number of nitrogens with one attached hydrogen (secondary N) is 1. The van der Waals surface area contributed by atoms with Gasteiger partial charge in [0.15, 0.2) is 0 Å². The number of amides is 2. The zero-order chi connectivity index (χ0) is 17.8. The maximum Gasteiger partial charge on any atom is 0.322 e. The summed E-state index contributed by atoms with van der Waals surface area (Å²) in [6.45, 7) is 5.05. The van der Waals surface area contributed by atoms with Gasteiger partial charge in [-0.3, -0.25) is 0 Å². The van der Waals surface area contributed by atoms with E-state index in [9.17, 15) is 9.18 Å². The Hall–Kier alpha value is -2.56. The predicted octanol–water partition coefficient (Wildman–Crippen LogP) is 4.90. The van der Waals surface area contributed by atoms with Crippen LogP contribution in [0.4, 0.5) is 14.9 Å². The van der Waals surface area contributed by atoms with Gasteiger partial charge in [-0.05, 0) is 62.1 Å². The number of carbonyl (C=O) groups is 1. The Bertz CT molecular complexity index is 746. The Kier molecular flexibility index (Phi) is 5.22. The predicted molar refractivity (Wildman–Crippen MR) is 96.4 cm³/mol. The van der Waals surface area contributed by atoms with Crippen LogP contribution in [0.2, 0.25) is 0 Å². The minimum absolute atomic E-state index is 0.00388. The topological polar surface area (TPSA) is 41.6 Å². The molecular weight excluding hydrogens is 319 g/mol. The van der Waals surface area contributed by atoms with Crippen LogP contribution in [-0.4, -0.2) is 24.1 Å². The third kappa shape index (κ3) is 3.92. The van der Waals surface area contributed by atoms with Gasteiger partial charge in [0.05, 0.1) is 18.3 Å². The van der Waals surface area contributed by atoms with Crippen molar-refractivity contribution in [3.05, 3.63) is 59.4 Å². The van der Waals surface area contributed by atoms with Gasteiger partial charge < -0.3 is 15.0 Å². The molecule has 25 heavy (non-hydrogen) atoms. The summed E-state index contributed by atoms with van der Waals surface area (Å²) in [5, 5.41) is 2.70. The van der Waals surface area contributed by atoms with Crippen LogP contribution in [0, 0.1) is 12.7 Å². The number of ether oxygens (including phenoxy) is 1. The van der Waals surface area contributed by atoms with E-state index in [1.807, 2.05) is 38.1 Å². The fraction of sp³-hybridized carbons (Fsp3) is 0.350. The number of halogens is 1. The van der Waals surface area contributed by atoms with Gasteiger partial charge in [-0.2, -0.15) is 0 Å². The minimum atomic E-state index is -0.412. The van der Waals surface area contributed by atoms with E-state index in [0.717, 1.165) is 29.7 Å². The first-order valence-electron chi connectivity index (χ1n) is 8.65. The molecular formula is C20H23FN2O2. The smallest absolute Gasteiger partial charge is 0.322 e. The van der Waals surface area contributed by atoms with Gasteiger partial charge in [0.25, 0.3) is 0 Å². The molecule has 132 valence electrons. The van der Waals surface area contributed by atoms with Crippen LogP contribution in [0.5, 0.6) is 5.75 Å².